The first-order valence-corrected chi connectivity index (χ1v) is 12.0. The topological polar surface area (TPSA) is 163 Å². The summed E-state index contributed by atoms with van der Waals surface area (Å²) >= 11 is 12.1. The fourth-order valence-corrected chi connectivity index (χ4v) is 3.47. The molecule has 1 atom stereocenters. The minimum Gasteiger partial charge on any atom is -0.491 e. The number of amides is 2. The molecule has 0 bridgehead atoms. The van der Waals surface area contributed by atoms with Crippen LogP contribution < -0.4 is 21.1 Å². The molecule has 0 spiro atoms. The van der Waals surface area contributed by atoms with Gasteiger partial charge in [0, 0.05) is 30.1 Å². The van der Waals surface area contributed by atoms with Gasteiger partial charge in [-0.3, -0.25) is 24.5 Å². The highest BCUT2D eigenvalue weighted by Crippen LogP contribution is 2.27. The number of non-ortho nitro benzene ring substituents is 1. The summed E-state index contributed by atoms with van der Waals surface area (Å²) in [5.41, 5.74) is 4.63. The van der Waals surface area contributed by atoms with E-state index in [1.165, 1.54) is 30.3 Å². The predicted molar refractivity (Wildman–Crippen MR) is 139 cm³/mol. The van der Waals surface area contributed by atoms with Crippen LogP contribution in [0, 0.1) is 10.1 Å². The third kappa shape index (κ3) is 9.52. The number of nitrogens with one attached hydrogen (secondary N) is 2. The summed E-state index contributed by atoms with van der Waals surface area (Å²) in [7, 11) is 0. The first kappa shape index (κ1) is 29.8. The molecule has 0 unspecified atom stereocenters. The molecule has 0 radical (unpaired) electrons. The standard InChI is InChI=1S/C24H28Cl2N4O7/c1-24(2,3)37-21(31)9-7-19(23(33)28-18-6-5-15(30(34)35)13-17(18)26)29-22(32)16-12-14(25)4-8-20(16)36-11-10-27/h4-6,8,12-13,19H,7,9-11,27H2,1-3H3,(H,28,33)(H,29,32)/t19-/m0/s1. The third-order valence-corrected chi connectivity index (χ3v) is 5.21. The van der Waals surface area contributed by atoms with Crippen LogP contribution in [0.5, 0.6) is 5.75 Å². The van der Waals surface area contributed by atoms with Crippen LogP contribution in [0.1, 0.15) is 44.0 Å². The quantitative estimate of drug-likeness (QED) is 0.212. The molecule has 2 aromatic carbocycles. The van der Waals surface area contributed by atoms with Gasteiger partial charge in [0.15, 0.2) is 0 Å². The van der Waals surface area contributed by atoms with Crippen molar-refractivity contribution in [3.8, 4) is 5.75 Å². The molecule has 2 amide bonds. The first-order valence-electron chi connectivity index (χ1n) is 11.2. The highest BCUT2D eigenvalue weighted by molar-refractivity contribution is 6.34. The van der Waals surface area contributed by atoms with Gasteiger partial charge in [-0.2, -0.15) is 0 Å². The van der Waals surface area contributed by atoms with Crippen LogP contribution in [0.25, 0.3) is 0 Å². The smallest absolute Gasteiger partial charge is 0.306 e. The summed E-state index contributed by atoms with van der Waals surface area (Å²) in [6, 6.07) is 6.71. The molecule has 2 aromatic rings. The van der Waals surface area contributed by atoms with Crippen LogP contribution in [0.2, 0.25) is 10.0 Å². The Kier molecular flexibility index (Phi) is 10.7. The molecule has 13 heteroatoms. The highest BCUT2D eigenvalue weighted by Gasteiger charge is 2.26. The average molecular weight is 555 g/mol. The monoisotopic (exact) mass is 554 g/mol. The number of anilines is 1. The summed E-state index contributed by atoms with van der Waals surface area (Å²) in [5.74, 6) is -1.76. The van der Waals surface area contributed by atoms with Crippen molar-refractivity contribution in [2.75, 3.05) is 18.5 Å². The zero-order chi connectivity index (χ0) is 27.8. The molecule has 0 aliphatic rings. The molecule has 2 rings (SSSR count). The molecule has 37 heavy (non-hydrogen) atoms. The van der Waals surface area contributed by atoms with Crippen LogP contribution in [0.4, 0.5) is 11.4 Å². The van der Waals surface area contributed by atoms with Crippen LogP contribution in [0.15, 0.2) is 36.4 Å². The van der Waals surface area contributed by atoms with Crippen LogP contribution >= 0.6 is 23.2 Å². The Morgan fingerprint density at radius 1 is 1.14 bits per heavy atom. The summed E-state index contributed by atoms with van der Waals surface area (Å²) in [5, 5.41) is 16.3. The number of nitro groups is 1. The molecule has 11 nitrogen and oxygen atoms in total. The molecule has 0 aliphatic heterocycles. The second-order valence-corrected chi connectivity index (χ2v) is 9.68. The molecular formula is C24H28Cl2N4O7. The predicted octanol–water partition coefficient (Wildman–Crippen LogP) is 4.10. The van der Waals surface area contributed by atoms with Gasteiger partial charge < -0.3 is 25.8 Å². The largest absolute Gasteiger partial charge is 0.491 e. The van der Waals surface area contributed by atoms with Crippen molar-refractivity contribution in [3.63, 3.8) is 0 Å². The van der Waals surface area contributed by atoms with Gasteiger partial charge in [-0.25, -0.2) is 0 Å². The molecule has 200 valence electrons. The minimum atomic E-state index is -1.22. The zero-order valence-electron chi connectivity index (χ0n) is 20.5. The van der Waals surface area contributed by atoms with Gasteiger partial charge >= 0.3 is 5.97 Å². The number of nitrogens with two attached hydrogens (primary N) is 1. The lowest BCUT2D eigenvalue weighted by Gasteiger charge is -2.22. The molecule has 0 aromatic heterocycles. The number of benzene rings is 2. The molecule has 0 aliphatic carbocycles. The second kappa shape index (κ2) is 13.2. The summed E-state index contributed by atoms with van der Waals surface area (Å²) < 4.78 is 10.8. The van der Waals surface area contributed by atoms with E-state index in [1.54, 1.807) is 20.8 Å². The Balaban J connectivity index is 2.28. The van der Waals surface area contributed by atoms with Gasteiger partial charge in [0.25, 0.3) is 11.6 Å². The number of halogens is 2. The lowest BCUT2D eigenvalue weighted by atomic mass is 10.1. The first-order chi connectivity index (χ1) is 17.3. The lowest BCUT2D eigenvalue weighted by molar-refractivity contribution is -0.384. The lowest BCUT2D eigenvalue weighted by Crippen LogP contribution is -2.44. The number of rotatable bonds is 11. The summed E-state index contributed by atoms with van der Waals surface area (Å²) in [4.78, 5) is 48.9. The van der Waals surface area contributed by atoms with E-state index in [-0.39, 0.29) is 58.7 Å². The number of ether oxygens (including phenoxy) is 2. The number of esters is 1. The fraction of sp³-hybridized carbons (Fsp3) is 0.375. The summed E-state index contributed by atoms with van der Waals surface area (Å²) in [6.45, 7) is 5.46. The van der Waals surface area contributed by atoms with E-state index >= 15 is 0 Å². The van der Waals surface area contributed by atoms with Gasteiger partial charge in [0.1, 0.15) is 24.0 Å². The van der Waals surface area contributed by atoms with Gasteiger partial charge in [0.05, 0.1) is 21.2 Å². The maximum absolute atomic E-state index is 13.1. The molecule has 0 saturated heterocycles. The maximum Gasteiger partial charge on any atom is 0.306 e. The van der Waals surface area contributed by atoms with Crippen molar-refractivity contribution in [2.24, 2.45) is 5.73 Å². The Morgan fingerprint density at radius 2 is 1.84 bits per heavy atom. The minimum absolute atomic E-state index is 0.0596. The Morgan fingerprint density at radius 3 is 2.43 bits per heavy atom. The van der Waals surface area contributed by atoms with Crippen LogP contribution in [-0.4, -0.2) is 47.5 Å². The second-order valence-electron chi connectivity index (χ2n) is 8.84. The fourth-order valence-electron chi connectivity index (χ4n) is 3.07. The van der Waals surface area contributed by atoms with E-state index < -0.39 is 34.3 Å². The van der Waals surface area contributed by atoms with Gasteiger partial charge in [-0.05, 0) is 51.5 Å². The molecular weight excluding hydrogens is 527 g/mol. The van der Waals surface area contributed by atoms with Crippen molar-refractivity contribution in [1.29, 1.82) is 0 Å². The Bertz CT molecular complexity index is 1170. The Labute approximate surface area is 223 Å². The number of nitro benzene ring substituents is 1. The van der Waals surface area contributed by atoms with Gasteiger partial charge in [-0.1, -0.05) is 23.2 Å². The number of hydrogen-bond donors (Lipinski definition) is 3. The third-order valence-electron chi connectivity index (χ3n) is 4.66. The van der Waals surface area contributed by atoms with Crippen LogP contribution in [0.3, 0.4) is 0 Å². The van der Waals surface area contributed by atoms with Crippen molar-refractivity contribution in [2.45, 2.75) is 45.3 Å². The average Bonchev–Trinajstić information content (AvgIpc) is 2.80. The highest BCUT2D eigenvalue weighted by atomic mass is 35.5. The normalized spacial score (nSPS) is 11.8. The van der Waals surface area contributed by atoms with E-state index in [0.29, 0.717) is 0 Å². The van der Waals surface area contributed by atoms with E-state index in [2.05, 4.69) is 10.6 Å². The molecule has 0 heterocycles. The Hall–Kier alpha value is -3.41. The number of carbonyl (C=O) groups excluding carboxylic acids is 3. The van der Waals surface area contributed by atoms with Crippen molar-refractivity contribution >= 4 is 52.4 Å². The summed E-state index contributed by atoms with van der Waals surface area (Å²) in [6.07, 6.45) is -0.299. The molecule has 4 N–H and O–H groups in total. The number of carbonyl (C=O) groups is 3. The van der Waals surface area contributed by atoms with Crippen molar-refractivity contribution in [1.82, 2.24) is 5.32 Å². The molecule has 0 fully saturated rings. The van der Waals surface area contributed by atoms with Gasteiger partial charge in [-0.15, -0.1) is 0 Å². The number of hydrogen-bond acceptors (Lipinski definition) is 8. The van der Waals surface area contributed by atoms with Crippen molar-refractivity contribution in [3.05, 3.63) is 62.1 Å². The van der Waals surface area contributed by atoms with Gasteiger partial charge in [0.2, 0.25) is 5.91 Å². The number of nitrogens with zero attached hydrogens (tertiary/aromatic N) is 1. The maximum atomic E-state index is 13.1. The van der Waals surface area contributed by atoms with E-state index in [4.69, 9.17) is 38.4 Å². The molecule has 0 saturated carbocycles. The SMILES string of the molecule is CC(C)(C)OC(=O)CC[C@H](NC(=O)c1cc(Cl)ccc1OCCN)C(=O)Nc1ccc([N+](=O)[O-])cc1Cl. The van der Waals surface area contributed by atoms with E-state index in [9.17, 15) is 24.5 Å². The van der Waals surface area contributed by atoms with E-state index in [0.717, 1.165) is 6.07 Å². The van der Waals surface area contributed by atoms with Crippen LogP contribution in [-0.2, 0) is 14.3 Å². The zero-order valence-corrected chi connectivity index (χ0v) is 22.0. The van der Waals surface area contributed by atoms with Crippen molar-refractivity contribution < 1.29 is 28.8 Å². The van der Waals surface area contributed by atoms with E-state index in [1.807, 2.05) is 0 Å².